The topological polar surface area (TPSA) is 68.0 Å². The van der Waals surface area contributed by atoms with Gasteiger partial charge in [0.05, 0.1) is 20.3 Å². The number of carbonyl (C=O) groups is 1. The lowest BCUT2D eigenvalue weighted by molar-refractivity contribution is -0.119. The Morgan fingerprint density at radius 3 is 2.43 bits per heavy atom. The average molecular weight is 342 g/mol. The number of halogens is 1. The Balaban J connectivity index is 1.99. The number of methoxy groups -OCH3 is 1. The van der Waals surface area contributed by atoms with Crippen molar-refractivity contribution in [2.24, 2.45) is 5.73 Å². The summed E-state index contributed by atoms with van der Waals surface area (Å²) in [7, 11) is 1.62. The summed E-state index contributed by atoms with van der Waals surface area (Å²) < 4.78 is 10.9. The van der Waals surface area contributed by atoms with Gasteiger partial charge in [0.15, 0.2) is 11.5 Å². The van der Waals surface area contributed by atoms with Crippen LogP contribution in [0.3, 0.4) is 0 Å². The van der Waals surface area contributed by atoms with Crippen molar-refractivity contribution >= 4 is 17.5 Å². The van der Waals surface area contributed by atoms with Gasteiger partial charge in [0, 0.05) is 43.8 Å². The SMILES string of the molecule is CCOc1cc(Cl)c(CN2CCN(CC(N)=O)CC2)cc1OC. The first-order chi connectivity index (χ1) is 11.0. The second-order valence-corrected chi connectivity index (χ2v) is 5.95. The van der Waals surface area contributed by atoms with E-state index in [-0.39, 0.29) is 5.91 Å². The minimum absolute atomic E-state index is 0.280. The van der Waals surface area contributed by atoms with Crippen molar-refractivity contribution in [1.29, 1.82) is 0 Å². The predicted molar refractivity (Wildman–Crippen MR) is 90.1 cm³/mol. The fraction of sp³-hybridized carbons (Fsp3) is 0.562. The maximum absolute atomic E-state index is 11.0. The lowest BCUT2D eigenvalue weighted by Crippen LogP contribution is -2.48. The Morgan fingerprint density at radius 1 is 1.22 bits per heavy atom. The third kappa shape index (κ3) is 4.99. The molecular weight excluding hydrogens is 318 g/mol. The van der Waals surface area contributed by atoms with Gasteiger partial charge in [-0.15, -0.1) is 0 Å². The Labute approximate surface area is 142 Å². The summed E-state index contributed by atoms with van der Waals surface area (Å²) in [6, 6.07) is 3.74. The summed E-state index contributed by atoms with van der Waals surface area (Å²) in [5.74, 6) is 1.08. The Hall–Kier alpha value is -1.50. The Kier molecular flexibility index (Phi) is 6.50. The van der Waals surface area contributed by atoms with E-state index in [1.165, 1.54) is 0 Å². The first-order valence-electron chi connectivity index (χ1n) is 7.75. The van der Waals surface area contributed by atoms with E-state index >= 15 is 0 Å². The molecule has 23 heavy (non-hydrogen) atoms. The molecule has 2 N–H and O–H groups in total. The highest BCUT2D eigenvalue weighted by atomic mass is 35.5. The zero-order valence-corrected chi connectivity index (χ0v) is 14.4. The van der Waals surface area contributed by atoms with Crippen LogP contribution in [0.15, 0.2) is 12.1 Å². The predicted octanol–water partition coefficient (Wildman–Crippen LogP) is 1.35. The van der Waals surface area contributed by atoms with Gasteiger partial charge in [0.2, 0.25) is 5.91 Å². The molecule has 1 aliphatic rings. The molecule has 0 spiro atoms. The molecule has 0 atom stereocenters. The van der Waals surface area contributed by atoms with Gasteiger partial charge in [-0.3, -0.25) is 14.6 Å². The van der Waals surface area contributed by atoms with Gasteiger partial charge in [-0.25, -0.2) is 0 Å². The number of hydrogen-bond donors (Lipinski definition) is 1. The van der Waals surface area contributed by atoms with Crippen LogP contribution in [-0.2, 0) is 11.3 Å². The molecule has 0 saturated carbocycles. The summed E-state index contributed by atoms with van der Waals surface area (Å²) in [4.78, 5) is 15.3. The average Bonchev–Trinajstić information content (AvgIpc) is 2.51. The van der Waals surface area contributed by atoms with Crippen molar-refractivity contribution < 1.29 is 14.3 Å². The molecule has 0 unspecified atom stereocenters. The van der Waals surface area contributed by atoms with Crippen LogP contribution in [0.2, 0.25) is 5.02 Å². The van der Waals surface area contributed by atoms with Crippen molar-refractivity contribution in [3.05, 3.63) is 22.7 Å². The number of nitrogens with two attached hydrogens (primary N) is 1. The van der Waals surface area contributed by atoms with Gasteiger partial charge >= 0.3 is 0 Å². The number of piperazine rings is 1. The summed E-state index contributed by atoms with van der Waals surface area (Å²) >= 11 is 6.38. The van der Waals surface area contributed by atoms with Gasteiger partial charge in [-0.1, -0.05) is 11.6 Å². The van der Waals surface area contributed by atoms with Gasteiger partial charge in [0.25, 0.3) is 0 Å². The zero-order chi connectivity index (χ0) is 16.8. The molecule has 1 fully saturated rings. The molecule has 1 aromatic rings. The van der Waals surface area contributed by atoms with Crippen LogP contribution in [0.5, 0.6) is 11.5 Å². The van der Waals surface area contributed by atoms with E-state index < -0.39 is 0 Å². The lowest BCUT2D eigenvalue weighted by atomic mass is 10.1. The number of amides is 1. The van der Waals surface area contributed by atoms with Crippen LogP contribution in [-0.4, -0.2) is 62.1 Å². The number of ether oxygens (including phenoxy) is 2. The minimum Gasteiger partial charge on any atom is -0.493 e. The standard InChI is InChI=1S/C16H24ClN3O3/c1-3-23-15-9-13(17)12(8-14(15)22-2)10-19-4-6-20(7-5-19)11-16(18)21/h8-9H,3-7,10-11H2,1-2H3,(H2,18,21). The molecule has 128 valence electrons. The van der Waals surface area contributed by atoms with E-state index in [4.69, 9.17) is 26.8 Å². The molecule has 1 amide bonds. The van der Waals surface area contributed by atoms with Crippen LogP contribution in [0.1, 0.15) is 12.5 Å². The highest BCUT2D eigenvalue weighted by molar-refractivity contribution is 6.31. The molecule has 1 aromatic carbocycles. The van der Waals surface area contributed by atoms with E-state index in [0.717, 1.165) is 38.3 Å². The zero-order valence-electron chi connectivity index (χ0n) is 13.7. The van der Waals surface area contributed by atoms with Gasteiger partial charge in [-0.05, 0) is 18.6 Å². The number of rotatable bonds is 7. The number of benzene rings is 1. The maximum Gasteiger partial charge on any atom is 0.231 e. The fourth-order valence-electron chi connectivity index (χ4n) is 2.69. The smallest absolute Gasteiger partial charge is 0.231 e. The number of hydrogen-bond acceptors (Lipinski definition) is 5. The van der Waals surface area contributed by atoms with Crippen LogP contribution in [0.25, 0.3) is 0 Å². The summed E-state index contributed by atoms with van der Waals surface area (Å²) in [5.41, 5.74) is 6.24. The normalized spacial score (nSPS) is 16.3. The quantitative estimate of drug-likeness (QED) is 0.811. The number of carbonyl (C=O) groups excluding carboxylic acids is 1. The monoisotopic (exact) mass is 341 g/mol. The summed E-state index contributed by atoms with van der Waals surface area (Å²) in [6.45, 7) is 6.96. The van der Waals surface area contributed by atoms with E-state index in [0.29, 0.717) is 29.7 Å². The van der Waals surface area contributed by atoms with E-state index in [1.54, 1.807) is 7.11 Å². The highest BCUT2D eigenvalue weighted by Crippen LogP contribution is 2.34. The second kappa shape index (κ2) is 8.38. The van der Waals surface area contributed by atoms with Crippen molar-refractivity contribution in [1.82, 2.24) is 9.80 Å². The van der Waals surface area contributed by atoms with E-state index in [9.17, 15) is 4.79 Å². The first-order valence-corrected chi connectivity index (χ1v) is 8.13. The lowest BCUT2D eigenvalue weighted by Gasteiger charge is -2.34. The van der Waals surface area contributed by atoms with E-state index in [1.807, 2.05) is 19.1 Å². The van der Waals surface area contributed by atoms with Crippen LogP contribution in [0.4, 0.5) is 0 Å². The Bertz CT molecular complexity index is 546. The summed E-state index contributed by atoms with van der Waals surface area (Å²) in [6.07, 6.45) is 0. The summed E-state index contributed by atoms with van der Waals surface area (Å²) in [5, 5.41) is 0.675. The largest absolute Gasteiger partial charge is 0.493 e. The molecule has 0 aromatic heterocycles. The Morgan fingerprint density at radius 2 is 1.87 bits per heavy atom. The molecule has 1 heterocycles. The van der Waals surface area contributed by atoms with Gasteiger partial charge in [-0.2, -0.15) is 0 Å². The first kappa shape index (κ1) is 17.8. The van der Waals surface area contributed by atoms with Crippen molar-refractivity contribution in [2.45, 2.75) is 13.5 Å². The van der Waals surface area contributed by atoms with E-state index in [2.05, 4.69) is 9.80 Å². The maximum atomic E-state index is 11.0. The van der Waals surface area contributed by atoms with Crippen molar-refractivity contribution in [3.63, 3.8) is 0 Å². The minimum atomic E-state index is -0.280. The molecule has 0 aliphatic carbocycles. The molecule has 7 heteroatoms. The van der Waals surface area contributed by atoms with Gasteiger partial charge < -0.3 is 15.2 Å². The van der Waals surface area contributed by atoms with Gasteiger partial charge in [0.1, 0.15) is 0 Å². The van der Waals surface area contributed by atoms with Crippen molar-refractivity contribution in [3.8, 4) is 11.5 Å². The van der Waals surface area contributed by atoms with Crippen LogP contribution < -0.4 is 15.2 Å². The molecule has 6 nitrogen and oxygen atoms in total. The highest BCUT2D eigenvalue weighted by Gasteiger charge is 2.20. The third-order valence-electron chi connectivity index (χ3n) is 3.87. The second-order valence-electron chi connectivity index (χ2n) is 5.55. The molecule has 0 radical (unpaired) electrons. The molecule has 0 bridgehead atoms. The molecule has 1 aliphatic heterocycles. The fourth-order valence-corrected chi connectivity index (χ4v) is 2.91. The molecule has 2 rings (SSSR count). The number of nitrogens with zero attached hydrogens (tertiary/aromatic N) is 2. The number of primary amides is 1. The molecular formula is C16H24ClN3O3. The van der Waals surface area contributed by atoms with Crippen LogP contribution in [0, 0.1) is 0 Å². The van der Waals surface area contributed by atoms with Crippen LogP contribution >= 0.6 is 11.6 Å². The third-order valence-corrected chi connectivity index (χ3v) is 4.22. The molecule has 1 saturated heterocycles. The van der Waals surface area contributed by atoms with Crippen molar-refractivity contribution in [2.75, 3.05) is 46.4 Å².